The van der Waals surface area contributed by atoms with Gasteiger partial charge in [0.25, 0.3) is 0 Å². The number of hydrogen-bond acceptors (Lipinski definition) is 6. The van der Waals surface area contributed by atoms with Crippen LogP contribution in [0.1, 0.15) is 35.1 Å². The lowest BCUT2D eigenvalue weighted by Gasteiger charge is -2.36. The summed E-state index contributed by atoms with van der Waals surface area (Å²) in [6.45, 7) is 8.49. The van der Waals surface area contributed by atoms with Gasteiger partial charge in [0.05, 0.1) is 30.0 Å². The van der Waals surface area contributed by atoms with E-state index in [9.17, 15) is 4.79 Å². The van der Waals surface area contributed by atoms with Gasteiger partial charge in [-0.1, -0.05) is 29.8 Å². The molecule has 0 radical (unpaired) electrons. The Labute approximate surface area is 193 Å². The summed E-state index contributed by atoms with van der Waals surface area (Å²) in [4.78, 5) is 22.3. The monoisotopic (exact) mass is 462 g/mol. The molecule has 6 nitrogen and oxygen atoms in total. The van der Waals surface area contributed by atoms with Crippen LogP contribution in [0, 0.1) is 12.8 Å². The molecule has 168 valence electrons. The van der Waals surface area contributed by atoms with E-state index in [0.29, 0.717) is 19.8 Å². The van der Waals surface area contributed by atoms with Crippen molar-refractivity contribution >= 4 is 28.8 Å². The molecule has 2 fully saturated rings. The molecule has 2 aromatic rings. The van der Waals surface area contributed by atoms with Crippen molar-refractivity contribution in [3.63, 3.8) is 0 Å². The highest BCUT2D eigenvalue weighted by molar-refractivity contribution is 7.09. The second-order valence-corrected chi connectivity index (χ2v) is 9.81. The van der Waals surface area contributed by atoms with Crippen LogP contribution in [-0.2, 0) is 16.1 Å². The second kappa shape index (κ2) is 10.9. The lowest BCUT2D eigenvalue weighted by molar-refractivity contribution is -0.126. The first-order valence-corrected chi connectivity index (χ1v) is 12.3. The number of thiazole rings is 1. The van der Waals surface area contributed by atoms with Gasteiger partial charge in [-0.25, -0.2) is 4.98 Å². The van der Waals surface area contributed by atoms with Crippen LogP contribution in [0.5, 0.6) is 0 Å². The summed E-state index contributed by atoms with van der Waals surface area (Å²) in [6, 6.07) is 8.01. The number of carbonyl (C=O) groups excluding carboxylic acids is 1. The van der Waals surface area contributed by atoms with E-state index in [1.807, 2.05) is 25.1 Å². The molecule has 0 spiro atoms. The zero-order valence-electron chi connectivity index (χ0n) is 18.1. The molecule has 2 saturated heterocycles. The lowest BCUT2D eigenvalue weighted by atomic mass is 9.95. The molecule has 1 aromatic heterocycles. The van der Waals surface area contributed by atoms with Crippen LogP contribution in [0.15, 0.2) is 29.6 Å². The molecule has 1 aromatic carbocycles. The van der Waals surface area contributed by atoms with Gasteiger partial charge in [0.15, 0.2) is 0 Å². The Bertz CT molecular complexity index is 863. The molecule has 8 heteroatoms. The van der Waals surface area contributed by atoms with Crippen molar-refractivity contribution < 1.29 is 9.53 Å². The number of piperidine rings is 1. The second-order valence-electron chi connectivity index (χ2n) is 8.34. The summed E-state index contributed by atoms with van der Waals surface area (Å²) in [5, 5.41) is 7.23. The van der Waals surface area contributed by atoms with Crippen LogP contribution in [0.4, 0.5) is 0 Å². The maximum atomic E-state index is 13.0. The van der Waals surface area contributed by atoms with Gasteiger partial charge in [-0.3, -0.25) is 14.6 Å². The lowest BCUT2D eigenvalue weighted by Crippen LogP contribution is -2.46. The molecule has 2 aliphatic rings. The minimum absolute atomic E-state index is 0.0644. The minimum Gasteiger partial charge on any atom is -0.379 e. The van der Waals surface area contributed by atoms with E-state index >= 15 is 0 Å². The number of likely N-dealkylation sites (tertiary alicyclic amines) is 1. The molecule has 1 atom stereocenters. The van der Waals surface area contributed by atoms with Crippen LogP contribution >= 0.6 is 22.9 Å². The number of amides is 1. The van der Waals surface area contributed by atoms with Crippen LogP contribution in [0.25, 0.3) is 0 Å². The third-order valence-corrected chi connectivity index (χ3v) is 7.40. The predicted octanol–water partition coefficient (Wildman–Crippen LogP) is 3.51. The Morgan fingerprint density at radius 3 is 2.68 bits per heavy atom. The Balaban J connectivity index is 1.31. The molecule has 0 aliphatic carbocycles. The molecule has 2 aliphatic heterocycles. The van der Waals surface area contributed by atoms with Crippen LogP contribution in [0.2, 0.25) is 5.02 Å². The summed E-state index contributed by atoms with van der Waals surface area (Å²) in [6.07, 6.45) is 1.78. The fourth-order valence-electron chi connectivity index (χ4n) is 4.48. The molecule has 1 N–H and O–H groups in total. The first-order valence-electron chi connectivity index (χ1n) is 11.1. The van der Waals surface area contributed by atoms with Gasteiger partial charge in [-0.05, 0) is 44.5 Å². The van der Waals surface area contributed by atoms with E-state index < -0.39 is 0 Å². The number of morpholine rings is 1. The average molecular weight is 463 g/mol. The molecule has 31 heavy (non-hydrogen) atoms. The van der Waals surface area contributed by atoms with Crippen LogP contribution < -0.4 is 5.32 Å². The number of aromatic nitrogens is 1. The van der Waals surface area contributed by atoms with Gasteiger partial charge in [0.2, 0.25) is 5.91 Å². The molecular formula is C23H31ClN4O2S. The smallest absolute Gasteiger partial charge is 0.223 e. The predicted molar refractivity (Wildman–Crippen MR) is 124 cm³/mol. The summed E-state index contributed by atoms with van der Waals surface area (Å²) in [5.41, 5.74) is 2.21. The number of ether oxygens (including phenoxy) is 1. The van der Waals surface area contributed by atoms with E-state index in [1.54, 1.807) is 11.3 Å². The normalized spacial score (nSPS) is 19.9. The van der Waals surface area contributed by atoms with E-state index in [-0.39, 0.29) is 17.9 Å². The Kier molecular flexibility index (Phi) is 7.96. The van der Waals surface area contributed by atoms with Crippen molar-refractivity contribution in [2.75, 3.05) is 45.9 Å². The summed E-state index contributed by atoms with van der Waals surface area (Å²) < 4.78 is 5.52. The van der Waals surface area contributed by atoms with Crippen molar-refractivity contribution in [1.82, 2.24) is 20.1 Å². The third kappa shape index (κ3) is 6.05. The van der Waals surface area contributed by atoms with E-state index in [2.05, 4.69) is 31.5 Å². The highest BCUT2D eigenvalue weighted by Crippen LogP contribution is 2.28. The Morgan fingerprint density at radius 1 is 1.26 bits per heavy atom. The highest BCUT2D eigenvalue weighted by atomic mass is 35.5. The van der Waals surface area contributed by atoms with Gasteiger partial charge in [0, 0.05) is 42.5 Å². The van der Waals surface area contributed by atoms with Gasteiger partial charge in [-0.15, -0.1) is 11.3 Å². The van der Waals surface area contributed by atoms with Gasteiger partial charge in [0.1, 0.15) is 0 Å². The molecule has 4 rings (SSSR count). The first kappa shape index (κ1) is 22.7. The quantitative estimate of drug-likeness (QED) is 0.682. The van der Waals surface area contributed by atoms with Crippen molar-refractivity contribution in [1.29, 1.82) is 0 Å². The maximum Gasteiger partial charge on any atom is 0.223 e. The van der Waals surface area contributed by atoms with Crippen molar-refractivity contribution in [3.05, 3.63) is 50.9 Å². The molecule has 3 heterocycles. The van der Waals surface area contributed by atoms with E-state index in [0.717, 1.165) is 66.9 Å². The number of nitrogens with zero attached hydrogens (tertiary/aromatic N) is 3. The van der Waals surface area contributed by atoms with Crippen molar-refractivity contribution in [2.45, 2.75) is 32.4 Å². The number of carbonyl (C=O) groups is 1. The SMILES string of the molecule is Cc1nc(CN2CCC(C(=O)NCC(c3ccccc3Cl)N3CCOCC3)CC2)cs1. The fraction of sp³-hybridized carbons (Fsp3) is 0.565. The van der Waals surface area contributed by atoms with E-state index in [4.69, 9.17) is 16.3 Å². The summed E-state index contributed by atoms with van der Waals surface area (Å²) >= 11 is 8.20. The van der Waals surface area contributed by atoms with Crippen LogP contribution in [-0.4, -0.2) is 66.6 Å². The minimum atomic E-state index is 0.0644. The summed E-state index contributed by atoms with van der Waals surface area (Å²) in [7, 11) is 0. The number of aryl methyl sites for hydroxylation is 1. The van der Waals surface area contributed by atoms with Gasteiger partial charge >= 0.3 is 0 Å². The first-order chi connectivity index (χ1) is 15.1. The third-order valence-electron chi connectivity index (χ3n) is 6.23. The standard InChI is InChI=1S/C23H31ClN4O2S/c1-17-26-19(16-31-17)15-27-8-6-18(7-9-27)23(29)25-14-22(28-10-12-30-13-11-28)20-4-2-3-5-21(20)24/h2-5,16,18,22H,6-15H2,1H3,(H,25,29). The van der Waals surface area contributed by atoms with E-state index in [1.165, 1.54) is 0 Å². The largest absolute Gasteiger partial charge is 0.379 e. The molecule has 1 amide bonds. The zero-order chi connectivity index (χ0) is 21.6. The average Bonchev–Trinajstić information content (AvgIpc) is 3.20. The zero-order valence-corrected chi connectivity index (χ0v) is 19.6. The fourth-order valence-corrected chi connectivity index (χ4v) is 5.34. The van der Waals surface area contributed by atoms with Gasteiger partial charge in [-0.2, -0.15) is 0 Å². The Hall–Kier alpha value is -1.51. The Morgan fingerprint density at radius 2 is 2.00 bits per heavy atom. The molecule has 0 bridgehead atoms. The van der Waals surface area contributed by atoms with Gasteiger partial charge < -0.3 is 10.1 Å². The number of benzene rings is 1. The number of hydrogen-bond donors (Lipinski definition) is 1. The highest BCUT2D eigenvalue weighted by Gasteiger charge is 2.28. The topological polar surface area (TPSA) is 57.7 Å². The number of halogens is 1. The van der Waals surface area contributed by atoms with Crippen molar-refractivity contribution in [2.24, 2.45) is 5.92 Å². The number of nitrogens with one attached hydrogen (secondary N) is 1. The van der Waals surface area contributed by atoms with Crippen LogP contribution in [0.3, 0.4) is 0 Å². The maximum absolute atomic E-state index is 13.0. The molecule has 0 saturated carbocycles. The molecular weight excluding hydrogens is 432 g/mol. The van der Waals surface area contributed by atoms with Crippen molar-refractivity contribution in [3.8, 4) is 0 Å². The number of rotatable bonds is 7. The molecule has 1 unspecified atom stereocenters. The summed E-state index contributed by atoms with van der Waals surface area (Å²) in [5.74, 6) is 0.236.